The van der Waals surface area contributed by atoms with E-state index in [1.807, 2.05) is 0 Å². The summed E-state index contributed by atoms with van der Waals surface area (Å²) in [7, 11) is -2.24. The van der Waals surface area contributed by atoms with Crippen molar-refractivity contribution in [3.05, 3.63) is 18.3 Å². The molecule has 0 aliphatic rings. The Bertz CT molecular complexity index is 583. The molecule has 0 spiro atoms. The molecule has 0 saturated carbocycles. The number of aromatic nitrogens is 1. The molecule has 7 nitrogen and oxygen atoms in total. The van der Waals surface area contributed by atoms with Gasteiger partial charge >= 0.3 is 0 Å². The third-order valence-corrected chi connectivity index (χ3v) is 3.91. The summed E-state index contributed by atoms with van der Waals surface area (Å²) in [6.07, 6.45) is 1.34. The second kappa shape index (κ2) is 5.96. The maximum absolute atomic E-state index is 12.1. The number of hydrogen-bond acceptors (Lipinski definition) is 6. The Morgan fingerprint density at radius 2 is 2.00 bits per heavy atom. The molecule has 0 aliphatic carbocycles. The number of rotatable bonds is 5. The van der Waals surface area contributed by atoms with Crippen molar-refractivity contribution in [3.63, 3.8) is 0 Å². The second-order valence-corrected chi connectivity index (χ2v) is 5.15. The number of nitriles is 2. The lowest BCUT2D eigenvalue weighted by molar-refractivity contribution is 0.479. The van der Waals surface area contributed by atoms with Crippen molar-refractivity contribution in [1.29, 1.82) is 10.5 Å². The summed E-state index contributed by atoms with van der Waals surface area (Å²) in [6, 6.07) is 6.10. The minimum atomic E-state index is -3.85. The first-order valence-corrected chi connectivity index (χ1v) is 6.38. The highest BCUT2D eigenvalue weighted by atomic mass is 32.2. The lowest BCUT2D eigenvalue weighted by atomic mass is 10.5. The Labute approximate surface area is 105 Å². The van der Waals surface area contributed by atoms with Crippen molar-refractivity contribution in [2.24, 2.45) is 0 Å². The molecule has 0 fully saturated rings. The topological polar surface area (TPSA) is 110 Å². The molecule has 1 heterocycles. The van der Waals surface area contributed by atoms with Gasteiger partial charge in [0.1, 0.15) is 18.9 Å². The number of hydrogen-bond donors (Lipinski definition) is 1. The van der Waals surface area contributed by atoms with Crippen LogP contribution in [0, 0.1) is 22.7 Å². The van der Waals surface area contributed by atoms with E-state index < -0.39 is 10.0 Å². The van der Waals surface area contributed by atoms with Crippen LogP contribution < -0.4 is 5.32 Å². The molecule has 94 valence electrons. The van der Waals surface area contributed by atoms with E-state index in [0.29, 0.717) is 5.82 Å². The lowest BCUT2D eigenvalue weighted by Gasteiger charge is -2.16. The van der Waals surface area contributed by atoms with Crippen LogP contribution in [-0.4, -0.2) is 37.8 Å². The first-order chi connectivity index (χ1) is 8.56. The van der Waals surface area contributed by atoms with Gasteiger partial charge in [-0.3, -0.25) is 0 Å². The van der Waals surface area contributed by atoms with Crippen LogP contribution in [0.15, 0.2) is 23.2 Å². The van der Waals surface area contributed by atoms with Crippen LogP contribution in [0.2, 0.25) is 0 Å². The summed E-state index contributed by atoms with van der Waals surface area (Å²) >= 11 is 0. The van der Waals surface area contributed by atoms with Crippen LogP contribution in [-0.2, 0) is 10.0 Å². The molecule has 0 bridgehead atoms. The van der Waals surface area contributed by atoms with Gasteiger partial charge in [0.15, 0.2) is 0 Å². The van der Waals surface area contributed by atoms with E-state index >= 15 is 0 Å². The highest BCUT2D eigenvalue weighted by molar-refractivity contribution is 7.89. The second-order valence-electron chi connectivity index (χ2n) is 3.22. The van der Waals surface area contributed by atoms with Crippen molar-refractivity contribution < 1.29 is 8.42 Å². The van der Waals surface area contributed by atoms with Crippen LogP contribution in [0.5, 0.6) is 0 Å². The molecule has 0 aliphatic heterocycles. The fourth-order valence-corrected chi connectivity index (χ4v) is 2.49. The molecular weight excluding hydrogens is 254 g/mol. The molecule has 18 heavy (non-hydrogen) atoms. The quantitative estimate of drug-likeness (QED) is 0.759. The third-order valence-electron chi connectivity index (χ3n) is 2.12. The molecule has 1 rings (SSSR count). The smallest absolute Gasteiger partial charge is 0.245 e. The molecule has 0 radical (unpaired) electrons. The monoisotopic (exact) mass is 265 g/mol. The normalized spacial score (nSPS) is 10.7. The highest BCUT2D eigenvalue weighted by Crippen LogP contribution is 2.17. The first-order valence-electron chi connectivity index (χ1n) is 4.94. The molecule has 0 unspecified atom stereocenters. The van der Waals surface area contributed by atoms with Gasteiger partial charge in [-0.15, -0.1) is 0 Å². The lowest BCUT2D eigenvalue weighted by Crippen LogP contribution is -2.31. The first kappa shape index (κ1) is 13.9. The molecule has 1 aromatic heterocycles. The van der Waals surface area contributed by atoms with Crippen molar-refractivity contribution in [3.8, 4) is 12.1 Å². The van der Waals surface area contributed by atoms with Gasteiger partial charge < -0.3 is 5.32 Å². The van der Waals surface area contributed by atoms with Gasteiger partial charge in [-0.05, 0) is 6.07 Å². The van der Waals surface area contributed by atoms with Crippen LogP contribution in [0.1, 0.15) is 0 Å². The van der Waals surface area contributed by atoms with Gasteiger partial charge in [0.05, 0.1) is 17.0 Å². The zero-order chi connectivity index (χ0) is 13.6. The Balaban J connectivity index is 3.18. The number of sulfonamides is 1. The van der Waals surface area contributed by atoms with Crippen LogP contribution >= 0.6 is 0 Å². The van der Waals surface area contributed by atoms with E-state index in [0.717, 1.165) is 4.31 Å². The van der Waals surface area contributed by atoms with Gasteiger partial charge in [0.25, 0.3) is 0 Å². The third kappa shape index (κ3) is 2.94. The van der Waals surface area contributed by atoms with E-state index in [4.69, 9.17) is 10.5 Å². The molecule has 0 amide bonds. The predicted molar refractivity (Wildman–Crippen MR) is 63.8 cm³/mol. The van der Waals surface area contributed by atoms with E-state index in [-0.39, 0.29) is 18.0 Å². The number of anilines is 1. The summed E-state index contributed by atoms with van der Waals surface area (Å²) in [5.41, 5.74) is 0. The Hall–Kier alpha value is -2.16. The largest absolute Gasteiger partial charge is 0.373 e. The summed E-state index contributed by atoms with van der Waals surface area (Å²) in [4.78, 5) is 3.89. The minimum absolute atomic E-state index is 0.00708. The summed E-state index contributed by atoms with van der Waals surface area (Å²) in [5, 5.41) is 19.9. The Kier molecular flexibility index (Phi) is 4.60. The van der Waals surface area contributed by atoms with Crippen molar-refractivity contribution in [1.82, 2.24) is 9.29 Å². The molecule has 0 atom stereocenters. The molecule has 0 aromatic carbocycles. The summed E-state index contributed by atoms with van der Waals surface area (Å²) in [5.74, 6) is 0.393. The SMILES string of the molecule is CNc1cc(S(=O)(=O)N(CC#N)CC#N)ccn1. The number of nitrogens with zero attached hydrogens (tertiary/aromatic N) is 4. The molecular formula is C10H11N5O2S. The van der Waals surface area contributed by atoms with Crippen molar-refractivity contribution >= 4 is 15.8 Å². The zero-order valence-corrected chi connectivity index (χ0v) is 10.5. The van der Waals surface area contributed by atoms with Gasteiger partial charge in [0.2, 0.25) is 10.0 Å². The van der Waals surface area contributed by atoms with Crippen molar-refractivity contribution in [2.45, 2.75) is 4.90 Å². The van der Waals surface area contributed by atoms with Gasteiger partial charge in [-0.25, -0.2) is 13.4 Å². The fourth-order valence-electron chi connectivity index (χ4n) is 1.24. The Morgan fingerprint density at radius 3 is 2.50 bits per heavy atom. The molecule has 1 aromatic rings. The number of pyridine rings is 1. The van der Waals surface area contributed by atoms with Crippen molar-refractivity contribution in [2.75, 3.05) is 25.5 Å². The van der Waals surface area contributed by atoms with Gasteiger partial charge in [-0.2, -0.15) is 14.8 Å². The maximum atomic E-state index is 12.1. The van der Waals surface area contributed by atoms with Crippen LogP contribution in [0.25, 0.3) is 0 Å². The van der Waals surface area contributed by atoms with Gasteiger partial charge in [-0.1, -0.05) is 0 Å². The fraction of sp³-hybridized carbons (Fsp3) is 0.300. The molecule has 1 N–H and O–H groups in total. The Morgan fingerprint density at radius 1 is 1.39 bits per heavy atom. The minimum Gasteiger partial charge on any atom is -0.373 e. The van der Waals surface area contributed by atoms with Crippen LogP contribution in [0.3, 0.4) is 0 Å². The average molecular weight is 265 g/mol. The standard InChI is InChI=1S/C10H11N5O2S/c1-13-10-8-9(2-5-14-10)18(16,17)15(6-3-11)7-4-12/h2,5,8H,6-7H2,1H3,(H,13,14). The van der Waals surface area contributed by atoms with E-state index in [1.165, 1.54) is 18.3 Å². The molecule has 8 heteroatoms. The summed E-state index contributed by atoms with van der Waals surface area (Å²) < 4.78 is 25.1. The van der Waals surface area contributed by atoms with Gasteiger partial charge in [0, 0.05) is 19.3 Å². The average Bonchev–Trinajstić information content (AvgIpc) is 2.38. The molecule has 0 saturated heterocycles. The number of nitrogens with one attached hydrogen (secondary N) is 1. The van der Waals surface area contributed by atoms with E-state index in [9.17, 15) is 8.42 Å². The van der Waals surface area contributed by atoms with Crippen LogP contribution in [0.4, 0.5) is 5.82 Å². The highest BCUT2D eigenvalue weighted by Gasteiger charge is 2.24. The van der Waals surface area contributed by atoms with E-state index in [1.54, 1.807) is 19.2 Å². The maximum Gasteiger partial charge on any atom is 0.245 e. The zero-order valence-electron chi connectivity index (χ0n) is 9.66. The van der Waals surface area contributed by atoms with E-state index in [2.05, 4.69) is 10.3 Å². The summed E-state index contributed by atoms with van der Waals surface area (Å²) in [6.45, 7) is -0.736. The predicted octanol–water partition coefficient (Wildman–Crippen LogP) is 0.161.